The van der Waals surface area contributed by atoms with Crippen LogP contribution in [0.3, 0.4) is 0 Å². The molecule has 0 spiro atoms. The Morgan fingerprint density at radius 2 is 2.05 bits per heavy atom. The van der Waals surface area contributed by atoms with Gasteiger partial charge < -0.3 is 4.74 Å². The normalized spacial score (nSPS) is 31.7. The van der Waals surface area contributed by atoms with Gasteiger partial charge in [-0.15, -0.1) is 0 Å². The molecule has 0 aromatic heterocycles. The quantitative estimate of drug-likeness (QED) is 0.345. The van der Waals surface area contributed by atoms with Crippen molar-refractivity contribution < 1.29 is 14.5 Å². The van der Waals surface area contributed by atoms with Crippen molar-refractivity contribution in [1.29, 1.82) is 0 Å². The summed E-state index contributed by atoms with van der Waals surface area (Å²) in [5.41, 5.74) is 1.49. The number of carbonyl (C=O) groups is 1. The molecule has 0 bridgehead atoms. The average Bonchev–Trinajstić information content (AvgIpc) is 2.45. The summed E-state index contributed by atoms with van der Waals surface area (Å²) < 4.78 is 5.38. The maximum Gasteiger partial charge on any atom is 0.307 e. The van der Waals surface area contributed by atoms with Crippen LogP contribution in [0, 0.1) is 27.4 Å². The molecule has 0 heterocycles. The molecule has 0 radical (unpaired) electrons. The third-order valence-electron chi connectivity index (χ3n) is 4.87. The van der Waals surface area contributed by atoms with Gasteiger partial charge in [0.15, 0.2) is 0 Å². The van der Waals surface area contributed by atoms with Crippen LogP contribution in [0.2, 0.25) is 0 Å². The molecule has 1 fully saturated rings. The van der Waals surface area contributed by atoms with E-state index < -0.39 is 11.0 Å². The van der Waals surface area contributed by atoms with Crippen molar-refractivity contribution in [2.45, 2.75) is 59.5 Å². The van der Waals surface area contributed by atoms with Crippen LogP contribution in [0.25, 0.3) is 0 Å². The molecule has 5 nitrogen and oxygen atoms in total. The highest BCUT2D eigenvalue weighted by Crippen LogP contribution is 2.62. The largest absolute Gasteiger partial charge is 0.460 e. The maximum absolute atomic E-state index is 12.2. The van der Waals surface area contributed by atoms with Crippen molar-refractivity contribution >= 4 is 5.97 Å². The second-order valence-corrected chi connectivity index (χ2v) is 7.73. The molecule has 118 valence electrons. The van der Waals surface area contributed by atoms with Crippen LogP contribution >= 0.6 is 0 Å². The van der Waals surface area contributed by atoms with Crippen LogP contribution in [0.4, 0.5) is 0 Å². The molecule has 0 aromatic rings. The molecule has 0 aromatic carbocycles. The van der Waals surface area contributed by atoms with Crippen LogP contribution in [0.15, 0.2) is 11.1 Å². The molecule has 5 heteroatoms. The van der Waals surface area contributed by atoms with Gasteiger partial charge in [0.25, 0.3) is 0 Å². The Kier molecular flexibility index (Phi) is 3.89. The zero-order chi connectivity index (χ0) is 16.0. The molecule has 0 amide bonds. The number of carbonyl (C=O) groups excluding carboxylic acids is 1. The van der Waals surface area contributed by atoms with Gasteiger partial charge in [-0.1, -0.05) is 11.1 Å². The molecule has 21 heavy (non-hydrogen) atoms. The van der Waals surface area contributed by atoms with Crippen molar-refractivity contribution in [3.63, 3.8) is 0 Å². The fourth-order valence-corrected chi connectivity index (χ4v) is 4.25. The first-order valence-corrected chi connectivity index (χ1v) is 7.54. The summed E-state index contributed by atoms with van der Waals surface area (Å²) in [6, 6.07) is 0. The summed E-state index contributed by atoms with van der Waals surface area (Å²) in [7, 11) is 0. The van der Waals surface area contributed by atoms with E-state index in [2.05, 4.69) is 13.8 Å². The number of nitro groups is 1. The lowest BCUT2D eigenvalue weighted by Gasteiger charge is -2.50. The van der Waals surface area contributed by atoms with E-state index in [1.807, 2.05) is 20.8 Å². The van der Waals surface area contributed by atoms with Crippen LogP contribution in [0.1, 0.15) is 53.9 Å². The van der Waals surface area contributed by atoms with Crippen molar-refractivity contribution in [3.8, 4) is 0 Å². The zero-order valence-electron chi connectivity index (χ0n) is 13.6. The maximum atomic E-state index is 12.2. The van der Waals surface area contributed by atoms with Crippen molar-refractivity contribution in [2.75, 3.05) is 6.54 Å². The Morgan fingerprint density at radius 1 is 1.43 bits per heavy atom. The van der Waals surface area contributed by atoms with Crippen molar-refractivity contribution in [2.24, 2.45) is 17.3 Å². The summed E-state index contributed by atoms with van der Waals surface area (Å²) in [4.78, 5) is 23.0. The van der Waals surface area contributed by atoms with Gasteiger partial charge in [-0.05, 0) is 59.3 Å². The fraction of sp³-hybridized carbons (Fsp3) is 0.812. The van der Waals surface area contributed by atoms with E-state index in [1.165, 1.54) is 11.1 Å². The van der Waals surface area contributed by atoms with Gasteiger partial charge in [-0.3, -0.25) is 14.9 Å². The number of ether oxygens (including phenoxy) is 1. The summed E-state index contributed by atoms with van der Waals surface area (Å²) in [5, 5.41) is 11.1. The second kappa shape index (κ2) is 5.11. The number of esters is 1. The first-order valence-electron chi connectivity index (χ1n) is 7.54. The lowest BCUT2D eigenvalue weighted by Crippen LogP contribution is -2.52. The van der Waals surface area contributed by atoms with Gasteiger partial charge in [-0.2, -0.15) is 0 Å². The Hall–Kier alpha value is -1.39. The summed E-state index contributed by atoms with van der Waals surface area (Å²) in [6.45, 7) is 9.47. The lowest BCUT2D eigenvalue weighted by molar-refractivity contribution is -0.506. The van der Waals surface area contributed by atoms with Gasteiger partial charge in [0, 0.05) is 4.92 Å². The van der Waals surface area contributed by atoms with Gasteiger partial charge in [0.1, 0.15) is 5.60 Å². The average molecular weight is 295 g/mol. The Bertz CT molecular complexity index is 503. The first kappa shape index (κ1) is 16.0. The molecule has 2 aliphatic rings. The van der Waals surface area contributed by atoms with Gasteiger partial charge >= 0.3 is 5.97 Å². The molecular weight excluding hydrogens is 270 g/mol. The highest BCUT2D eigenvalue weighted by Gasteiger charge is 2.60. The van der Waals surface area contributed by atoms with Gasteiger partial charge in [0.2, 0.25) is 6.54 Å². The number of allylic oxidation sites excluding steroid dienone is 2. The number of rotatable bonds is 4. The van der Waals surface area contributed by atoms with Crippen LogP contribution in [-0.4, -0.2) is 23.0 Å². The molecule has 0 aliphatic heterocycles. The predicted molar refractivity (Wildman–Crippen MR) is 79.3 cm³/mol. The number of nitrogens with zero attached hydrogens (tertiary/aromatic N) is 1. The monoisotopic (exact) mass is 295 g/mol. The Balaban J connectivity index is 2.17. The Morgan fingerprint density at radius 3 is 2.52 bits per heavy atom. The molecule has 3 atom stereocenters. The minimum absolute atomic E-state index is 0.141. The molecule has 1 saturated carbocycles. The molecule has 0 N–H and O–H groups in total. The summed E-state index contributed by atoms with van der Waals surface area (Å²) >= 11 is 0. The first-order chi connectivity index (χ1) is 9.54. The van der Waals surface area contributed by atoms with Crippen LogP contribution < -0.4 is 0 Å². The van der Waals surface area contributed by atoms with Crippen molar-refractivity contribution in [1.82, 2.24) is 0 Å². The minimum atomic E-state index is -0.549. The number of hydrogen-bond donors (Lipinski definition) is 0. The number of hydrogen-bond acceptors (Lipinski definition) is 4. The summed E-state index contributed by atoms with van der Waals surface area (Å²) in [5.74, 6) is 0.336. The van der Waals surface area contributed by atoms with Crippen molar-refractivity contribution in [3.05, 3.63) is 21.3 Å². The smallest absolute Gasteiger partial charge is 0.307 e. The van der Waals surface area contributed by atoms with E-state index in [0.29, 0.717) is 5.92 Å². The molecule has 0 saturated heterocycles. The van der Waals surface area contributed by atoms with Gasteiger partial charge in [0.05, 0.1) is 11.8 Å². The van der Waals surface area contributed by atoms with Gasteiger partial charge in [-0.25, -0.2) is 0 Å². The van der Waals surface area contributed by atoms with E-state index in [0.717, 1.165) is 12.8 Å². The second-order valence-electron chi connectivity index (χ2n) is 7.73. The van der Waals surface area contributed by atoms with E-state index in [-0.39, 0.29) is 29.8 Å². The molecular formula is C16H25NO4. The highest BCUT2D eigenvalue weighted by atomic mass is 16.6. The minimum Gasteiger partial charge on any atom is -0.460 e. The molecule has 2 rings (SSSR count). The third kappa shape index (κ3) is 3.11. The third-order valence-corrected chi connectivity index (χ3v) is 4.87. The lowest BCUT2D eigenvalue weighted by atomic mass is 9.52. The van der Waals surface area contributed by atoms with E-state index in [1.54, 1.807) is 0 Å². The topological polar surface area (TPSA) is 69.4 Å². The van der Waals surface area contributed by atoms with E-state index in [4.69, 9.17) is 4.74 Å². The summed E-state index contributed by atoms with van der Waals surface area (Å²) in [6.07, 6.45) is 1.92. The van der Waals surface area contributed by atoms with E-state index >= 15 is 0 Å². The molecule has 2 aliphatic carbocycles. The predicted octanol–water partition coefficient (Wildman–Crippen LogP) is 3.36. The number of fused-ring (bicyclic) bond motifs is 1. The van der Waals surface area contributed by atoms with Crippen LogP contribution in [-0.2, 0) is 9.53 Å². The fourth-order valence-electron chi connectivity index (χ4n) is 4.25. The Labute approximate surface area is 125 Å². The van der Waals surface area contributed by atoms with E-state index in [9.17, 15) is 14.9 Å². The van der Waals surface area contributed by atoms with Crippen LogP contribution in [0.5, 0.6) is 0 Å². The zero-order valence-corrected chi connectivity index (χ0v) is 13.6. The standard InChI is InChI=1S/C16H25NO4/c1-10-6-12-7-16(9-17(19)20,14(12)11(10)2)8-13(18)21-15(3,4)5/h12,14H,6-9H2,1-5H3/t12-,14-,16-/m1/s1. The SMILES string of the molecule is CC1=C(C)[C@@H]2[C@H](C1)C[C@@]2(CC(=O)OC(C)(C)C)C[N+](=O)[O-]. The highest BCUT2D eigenvalue weighted by molar-refractivity contribution is 5.71. The molecule has 0 unspecified atom stereocenters.